The van der Waals surface area contributed by atoms with Crippen LogP contribution >= 0.6 is 0 Å². The highest BCUT2D eigenvalue weighted by Gasteiger charge is 2.41. The van der Waals surface area contributed by atoms with E-state index >= 15 is 0 Å². The summed E-state index contributed by atoms with van der Waals surface area (Å²) in [6.07, 6.45) is 13.3. The number of hydrogen-bond acceptors (Lipinski definition) is 2. The largest absolute Gasteiger partial charge is 0.381 e. The molecule has 0 amide bonds. The number of allylic oxidation sites excluding steroid dienone is 2. The van der Waals surface area contributed by atoms with Crippen molar-refractivity contribution in [2.24, 2.45) is 5.92 Å². The van der Waals surface area contributed by atoms with Gasteiger partial charge >= 0.3 is 0 Å². The van der Waals surface area contributed by atoms with Gasteiger partial charge < -0.3 is 5.11 Å². The summed E-state index contributed by atoms with van der Waals surface area (Å²) in [4.78, 5) is 12.1. The molecule has 21 heavy (non-hydrogen) atoms. The smallest absolute Gasteiger partial charge is 0.166 e. The van der Waals surface area contributed by atoms with Gasteiger partial charge in [0.2, 0.25) is 0 Å². The molecule has 1 saturated carbocycles. The lowest BCUT2D eigenvalue weighted by molar-refractivity contribution is -0.117. The van der Waals surface area contributed by atoms with E-state index in [-0.39, 0.29) is 5.78 Å². The van der Waals surface area contributed by atoms with Crippen LogP contribution in [0.4, 0.5) is 0 Å². The van der Waals surface area contributed by atoms with Gasteiger partial charge in [-0.2, -0.15) is 0 Å². The Morgan fingerprint density at radius 3 is 2.62 bits per heavy atom. The normalized spacial score (nSPS) is 29.8. The third-order valence-electron chi connectivity index (χ3n) is 4.72. The SMILES string of the molecule is O=C1C=C[C@](O)(/C=C/CC2CCCC2)[C@H]1c1ccccc1. The predicted octanol–water partition coefficient (Wildman–Crippen LogP) is 3.78. The average Bonchev–Trinajstić information content (AvgIpc) is 3.09. The van der Waals surface area contributed by atoms with Crippen molar-refractivity contribution < 1.29 is 9.90 Å². The number of rotatable bonds is 4. The first kappa shape index (κ1) is 14.3. The minimum atomic E-state index is -1.17. The van der Waals surface area contributed by atoms with Crippen LogP contribution in [0.15, 0.2) is 54.6 Å². The van der Waals surface area contributed by atoms with Gasteiger partial charge in [-0.25, -0.2) is 0 Å². The molecule has 0 aromatic heterocycles. The van der Waals surface area contributed by atoms with Crippen molar-refractivity contribution in [3.05, 3.63) is 60.2 Å². The maximum Gasteiger partial charge on any atom is 0.166 e. The Labute approximate surface area is 126 Å². The summed E-state index contributed by atoms with van der Waals surface area (Å²) < 4.78 is 0. The lowest BCUT2D eigenvalue weighted by atomic mass is 9.83. The standard InChI is InChI=1S/C19H22O2/c20-17-12-14-19(21,13-6-9-15-7-4-5-8-15)18(17)16-10-2-1-3-11-16/h1-3,6,10-15,18,21H,4-5,7-9H2/b13-6+/t18-,19+/m0/s1. The summed E-state index contributed by atoms with van der Waals surface area (Å²) in [5.74, 6) is 0.230. The first-order valence-electron chi connectivity index (χ1n) is 7.87. The van der Waals surface area contributed by atoms with E-state index in [0.29, 0.717) is 0 Å². The van der Waals surface area contributed by atoms with Crippen molar-refractivity contribution in [3.8, 4) is 0 Å². The lowest BCUT2D eigenvalue weighted by Gasteiger charge is -2.25. The Balaban J connectivity index is 1.76. The molecule has 0 unspecified atom stereocenters. The molecule has 1 fully saturated rings. The molecule has 110 valence electrons. The zero-order chi connectivity index (χ0) is 14.7. The molecule has 3 rings (SSSR count). The third kappa shape index (κ3) is 3.01. The fourth-order valence-electron chi connectivity index (χ4n) is 3.56. The van der Waals surface area contributed by atoms with Crippen LogP contribution in [0.2, 0.25) is 0 Å². The topological polar surface area (TPSA) is 37.3 Å². The van der Waals surface area contributed by atoms with Gasteiger partial charge in [0.1, 0.15) is 5.60 Å². The quantitative estimate of drug-likeness (QED) is 0.853. The molecule has 2 nitrogen and oxygen atoms in total. The van der Waals surface area contributed by atoms with Gasteiger partial charge in [0, 0.05) is 0 Å². The van der Waals surface area contributed by atoms with Crippen molar-refractivity contribution in [3.63, 3.8) is 0 Å². The molecule has 0 heterocycles. The molecule has 0 saturated heterocycles. The molecule has 2 heteroatoms. The van der Waals surface area contributed by atoms with Crippen LogP contribution in [0.5, 0.6) is 0 Å². The minimum absolute atomic E-state index is 0.0192. The van der Waals surface area contributed by atoms with E-state index in [1.807, 2.05) is 36.4 Å². The highest BCUT2D eigenvalue weighted by molar-refractivity contribution is 6.00. The molecule has 2 atom stereocenters. The first-order chi connectivity index (χ1) is 10.2. The third-order valence-corrected chi connectivity index (χ3v) is 4.72. The molecule has 1 aromatic rings. The van der Waals surface area contributed by atoms with Crippen LogP contribution in [0, 0.1) is 5.92 Å². The van der Waals surface area contributed by atoms with Crippen molar-refractivity contribution in [1.82, 2.24) is 0 Å². The van der Waals surface area contributed by atoms with Crippen LogP contribution in [-0.2, 0) is 4.79 Å². The zero-order valence-electron chi connectivity index (χ0n) is 12.2. The van der Waals surface area contributed by atoms with E-state index < -0.39 is 11.5 Å². The van der Waals surface area contributed by atoms with Gasteiger partial charge in [0.05, 0.1) is 5.92 Å². The van der Waals surface area contributed by atoms with Gasteiger partial charge in [-0.15, -0.1) is 0 Å². The van der Waals surface area contributed by atoms with Crippen molar-refractivity contribution in [1.29, 1.82) is 0 Å². The fourth-order valence-corrected chi connectivity index (χ4v) is 3.56. The van der Waals surface area contributed by atoms with E-state index in [1.165, 1.54) is 31.8 Å². The maximum absolute atomic E-state index is 12.1. The summed E-state index contributed by atoms with van der Waals surface area (Å²) >= 11 is 0. The van der Waals surface area contributed by atoms with E-state index in [9.17, 15) is 9.90 Å². The Morgan fingerprint density at radius 1 is 1.19 bits per heavy atom. The summed E-state index contributed by atoms with van der Waals surface area (Å²) in [5, 5.41) is 10.9. The van der Waals surface area contributed by atoms with E-state index in [2.05, 4.69) is 6.08 Å². The van der Waals surface area contributed by atoms with Crippen LogP contribution in [0.3, 0.4) is 0 Å². The second-order valence-corrected chi connectivity index (χ2v) is 6.26. The van der Waals surface area contributed by atoms with Gasteiger partial charge in [-0.05, 0) is 30.1 Å². The molecular formula is C19H22O2. The highest BCUT2D eigenvalue weighted by Crippen LogP contribution is 2.37. The Bertz CT molecular complexity index is 552. The average molecular weight is 282 g/mol. The molecule has 1 aromatic carbocycles. The number of benzene rings is 1. The number of ketones is 1. The van der Waals surface area contributed by atoms with Crippen molar-refractivity contribution in [2.75, 3.05) is 0 Å². The van der Waals surface area contributed by atoms with Crippen LogP contribution < -0.4 is 0 Å². The van der Waals surface area contributed by atoms with Gasteiger partial charge in [-0.3, -0.25) is 4.79 Å². The minimum Gasteiger partial charge on any atom is -0.381 e. The van der Waals surface area contributed by atoms with Crippen LogP contribution in [-0.4, -0.2) is 16.5 Å². The fraction of sp³-hybridized carbons (Fsp3) is 0.421. The predicted molar refractivity (Wildman–Crippen MR) is 84.0 cm³/mol. The number of carbonyl (C=O) groups excluding carboxylic acids is 1. The highest BCUT2D eigenvalue weighted by atomic mass is 16.3. The monoisotopic (exact) mass is 282 g/mol. The van der Waals surface area contributed by atoms with E-state index in [0.717, 1.165) is 17.9 Å². The van der Waals surface area contributed by atoms with Gasteiger partial charge in [0.25, 0.3) is 0 Å². The molecule has 0 spiro atoms. The Hall–Kier alpha value is -1.67. The first-order valence-corrected chi connectivity index (χ1v) is 7.87. The Morgan fingerprint density at radius 2 is 1.90 bits per heavy atom. The number of carbonyl (C=O) groups is 1. The number of hydrogen-bond donors (Lipinski definition) is 1. The molecule has 2 aliphatic carbocycles. The zero-order valence-corrected chi connectivity index (χ0v) is 12.2. The van der Waals surface area contributed by atoms with E-state index in [1.54, 1.807) is 6.08 Å². The molecule has 1 N–H and O–H groups in total. The second-order valence-electron chi connectivity index (χ2n) is 6.26. The van der Waals surface area contributed by atoms with Crippen molar-refractivity contribution >= 4 is 5.78 Å². The summed E-state index contributed by atoms with van der Waals surface area (Å²) in [5.41, 5.74) is -0.294. The molecule has 0 bridgehead atoms. The maximum atomic E-state index is 12.1. The molecular weight excluding hydrogens is 260 g/mol. The summed E-state index contributed by atoms with van der Waals surface area (Å²) in [6, 6.07) is 9.55. The van der Waals surface area contributed by atoms with Crippen LogP contribution in [0.25, 0.3) is 0 Å². The summed E-state index contributed by atoms with van der Waals surface area (Å²) in [6.45, 7) is 0. The molecule has 0 aliphatic heterocycles. The molecule has 2 aliphatic rings. The Kier molecular flexibility index (Phi) is 4.07. The summed E-state index contributed by atoms with van der Waals surface area (Å²) in [7, 11) is 0. The van der Waals surface area contributed by atoms with Crippen molar-refractivity contribution in [2.45, 2.75) is 43.6 Å². The van der Waals surface area contributed by atoms with E-state index in [4.69, 9.17) is 0 Å². The second kappa shape index (κ2) is 5.98. The van der Waals surface area contributed by atoms with Gasteiger partial charge in [-0.1, -0.05) is 68.2 Å². The lowest BCUT2D eigenvalue weighted by Crippen LogP contribution is -2.31. The molecule has 0 radical (unpaired) electrons. The van der Waals surface area contributed by atoms with Gasteiger partial charge in [0.15, 0.2) is 5.78 Å². The number of aliphatic hydroxyl groups is 1. The van der Waals surface area contributed by atoms with Crippen LogP contribution in [0.1, 0.15) is 43.6 Å².